The van der Waals surface area contributed by atoms with Crippen LogP contribution in [0.3, 0.4) is 0 Å². The van der Waals surface area contributed by atoms with Gasteiger partial charge in [-0.2, -0.15) is 0 Å². The van der Waals surface area contributed by atoms with Crippen molar-refractivity contribution in [2.75, 3.05) is 20.1 Å². The Labute approximate surface area is 81.5 Å². The highest BCUT2D eigenvalue weighted by molar-refractivity contribution is 4.50. The zero-order valence-electron chi connectivity index (χ0n) is 7.40. The molecule has 3 atom stereocenters. The first kappa shape index (κ1) is 14.0. The SMILES string of the molecule is C[C@@H]1C[NH+](C)[C@H](C)C[NH2+]1.[Cl-].[Cl-]. The van der Waals surface area contributed by atoms with Crippen molar-refractivity contribution in [2.24, 2.45) is 0 Å². The summed E-state index contributed by atoms with van der Waals surface area (Å²) in [5, 5.41) is 2.44. The lowest BCUT2D eigenvalue weighted by Gasteiger charge is -2.28. The summed E-state index contributed by atoms with van der Waals surface area (Å²) in [5.41, 5.74) is 0. The lowest BCUT2D eigenvalue weighted by molar-refractivity contribution is -0.963. The minimum atomic E-state index is 0. The molecule has 0 radical (unpaired) electrons. The Morgan fingerprint density at radius 3 is 2.18 bits per heavy atom. The standard InChI is InChI=1S/C7H16N2.2ClH/c1-6-5-9(3)7(2)4-8-6;;/h6-8H,4-5H2,1-3H3;2*1H/t6-,7-;;/m1../s1. The van der Waals surface area contributed by atoms with E-state index in [2.05, 4.69) is 26.2 Å². The number of piperazine rings is 1. The number of nitrogens with one attached hydrogen (secondary N) is 1. The molecular weight excluding hydrogens is 183 g/mol. The number of nitrogens with two attached hydrogens (primary N) is 1. The van der Waals surface area contributed by atoms with E-state index in [1.165, 1.54) is 13.1 Å². The van der Waals surface area contributed by atoms with E-state index in [0.29, 0.717) is 0 Å². The number of hydrogen-bond donors (Lipinski definition) is 2. The zero-order chi connectivity index (χ0) is 6.85. The summed E-state index contributed by atoms with van der Waals surface area (Å²) in [7, 11) is 2.29. The first-order chi connectivity index (χ1) is 4.20. The van der Waals surface area contributed by atoms with Gasteiger partial charge in [-0.05, 0) is 13.8 Å². The smallest absolute Gasteiger partial charge is 0.134 e. The lowest BCUT2D eigenvalue weighted by atomic mass is 10.2. The lowest BCUT2D eigenvalue weighted by Crippen LogP contribution is -3.23. The van der Waals surface area contributed by atoms with Crippen LogP contribution in [-0.2, 0) is 0 Å². The Kier molecular flexibility index (Phi) is 7.75. The normalized spacial score (nSPS) is 36.8. The van der Waals surface area contributed by atoms with E-state index in [0.717, 1.165) is 12.1 Å². The Hall–Kier alpha value is 0.500. The van der Waals surface area contributed by atoms with Crippen LogP contribution >= 0.6 is 0 Å². The Balaban J connectivity index is 0. The summed E-state index contributed by atoms with van der Waals surface area (Å²) in [4.78, 5) is 1.69. The van der Waals surface area contributed by atoms with E-state index in [1.807, 2.05) is 0 Å². The molecule has 1 aliphatic rings. The minimum absolute atomic E-state index is 0. The second-order valence-electron chi connectivity index (χ2n) is 3.40. The topological polar surface area (TPSA) is 21.1 Å². The number of halogens is 2. The van der Waals surface area contributed by atoms with Crippen LogP contribution in [0.4, 0.5) is 0 Å². The molecule has 2 nitrogen and oxygen atoms in total. The largest absolute Gasteiger partial charge is 1.00 e. The van der Waals surface area contributed by atoms with Gasteiger partial charge in [-0.25, -0.2) is 0 Å². The molecule has 1 rings (SSSR count). The van der Waals surface area contributed by atoms with Crippen molar-refractivity contribution in [1.29, 1.82) is 0 Å². The maximum absolute atomic E-state index is 2.44. The summed E-state index contributed by atoms with van der Waals surface area (Å²) >= 11 is 0. The Morgan fingerprint density at radius 2 is 1.82 bits per heavy atom. The molecule has 70 valence electrons. The van der Waals surface area contributed by atoms with E-state index in [4.69, 9.17) is 0 Å². The number of hydrogen-bond acceptors (Lipinski definition) is 0. The van der Waals surface area contributed by atoms with Gasteiger partial charge in [-0.15, -0.1) is 0 Å². The molecule has 1 unspecified atom stereocenters. The van der Waals surface area contributed by atoms with Crippen LogP contribution in [0.2, 0.25) is 0 Å². The summed E-state index contributed by atoms with van der Waals surface area (Å²) in [5.74, 6) is 0. The van der Waals surface area contributed by atoms with Crippen molar-refractivity contribution in [1.82, 2.24) is 0 Å². The van der Waals surface area contributed by atoms with Crippen molar-refractivity contribution in [2.45, 2.75) is 25.9 Å². The average molecular weight is 201 g/mol. The molecule has 3 N–H and O–H groups in total. The second-order valence-corrected chi connectivity index (χ2v) is 3.40. The van der Waals surface area contributed by atoms with Gasteiger partial charge in [0, 0.05) is 0 Å². The predicted molar refractivity (Wildman–Crippen MR) is 37.5 cm³/mol. The molecule has 0 aromatic heterocycles. The second kappa shape index (κ2) is 6.06. The van der Waals surface area contributed by atoms with E-state index in [1.54, 1.807) is 4.90 Å². The Bertz CT molecular complexity index is 100. The number of likely N-dealkylation sites (N-methyl/N-ethyl adjacent to an activating group) is 1. The van der Waals surface area contributed by atoms with Gasteiger partial charge in [0.25, 0.3) is 0 Å². The van der Waals surface area contributed by atoms with Crippen LogP contribution in [-0.4, -0.2) is 32.2 Å². The van der Waals surface area contributed by atoms with Gasteiger partial charge < -0.3 is 35.0 Å². The fourth-order valence-corrected chi connectivity index (χ4v) is 1.43. The molecule has 4 heteroatoms. The van der Waals surface area contributed by atoms with E-state index >= 15 is 0 Å². The molecule has 0 aromatic rings. The molecule has 11 heavy (non-hydrogen) atoms. The fourth-order valence-electron chi connectivity index (χ4n) is 1.43. The van der Waals surface area contributed by atoms with Crippen molar-refractivity contribution in [3.8, 4) is 0 Å². The minimum Gasteiger partial charge on any atom is -1.00 e. The highest BCUT2D eigenvalue weighted by Crippen LogP contribution is 1.74. The van der Waals surface area contributed by atoms with Crippen molar-refractivity contribution in [3.63, 3.8) is 0 Å². The highest BCUT2D eigenvalue weighted by atomic mass is 35.5. The van der Waals surface area contributed by atoms with Crippen molar-refractivity contribution >= 4 is 0 Å². The van der Waals surface area contributed by atoms with Gasteiger partial charge in [0.2, 0.25) is 0 Å². The monoisotopic (exact) mass is 200 g/mol. The quantitative estimate of drug-likeness (QED) is 0.388. The first-order valence-electron chi connectivity index (χ1n) is 3.86. The van der Waals surface area contributed by atoms with Crippen LogP contribution in [0.5, 0.6) is 0 Å². The highest BCUT2D eigenvalue weighted by Gasteiger charge is 2.24. The maximum Gasteiger partial charge on any atom is 0.134 e. The van der Waals surface area contributed by atoms with Crippen LogP contribution < -0.4 is 35.0 Å². The fraction of sp³-hybridized carbons (Fsp3) is 1.00. The average Bonchev–Trinajstić information content (AvgIpc) is 1.80. The van der Waals surface area contributed by atoms with Crippen molar-refractivity contribution < 1.29 is 35.0 Å². The van der Waals surface area contributed by atoms with Gasteiger partial charge in [-0.3, -0.25) is 0 Å². The van der Waals surface area contributed by atoms with Gasteiger partial charge in [0.05, 0.1) is 7.05 Å². The molecule has 0 aromatic carbocycles. The summed E-state index contributed by atoms with van der Waals surface area (Å²) < 4.78 is 0. The molecule has 0 spiro atoms. The Morgan fingerprint density at radius 1 is 1.27 bits per heavy atom. The summed E-state index contributed by atoms with van der Waals surface area (Å²) in [6.07, 6.45) is 0. The van der Waals surface area contributed by atoms with E-state index < -0.39 is 0 Å². The zero-order valence-corrected chi connectivity index (χ0v) is 8.91. The molecule has 0 aliphatic carbocycles. The summed E-state index contributed by atoms with van der Waals surface area (Å²) in [6, 6.07) is 1.68. The molecule has 0 amide bonds. The van der Waals surface area contributed by atoms with Gasteiger partial charge in [0.1, 0.15) is 25.2 Å². The maximum atomic E-state index is 2.44. The van der Waals surface area contributed by atoms with Crippen LogP contribution in [0.1, 0.15) is 13.8 Å². The molecule has 1 fully saturated rings. The van der Waals surface area contributed by atoms with Gasteiger partial charge >= 0.3 is 0 Å². The molecule has 0 saturated carbocycles. The van der Waals surface area contributed by atoms with E-state index in [-0.39, 0.29) is 24.8 Å². The molecule has 1 aliphatic heterocycles. The first-order valence-corrected chi connectivity index (χ1v) is 3.86. The van der Waals surface area contributed by atoms with Crippen LogP contribution in [0.25, 0.3) is 0 Å². The number of rotatable bonds is 0. The van der Waals surface area contributed by atoms with Gasteiger partial charge in [0.15, 0.2) is 0 Å². The predicted octanol–water partition coefficient (Wildman–Crippen LogP) is -8.14. The molecule has 1 saturated heterocycles. The van der Waals surface area contributed by atoms with Crippen LogP contribution in [0.15, 0.2) is 0 Å². The third-order valence-electron chi connectivity index (χ3n) is 2.38. The third-order valence-corrected chi connectivity index (χ3v) is 2.38. The van der Waals surface area contributed by atoms with Gasteiger partial charge in [-0.1, -0.05) is 0 Å². The van der Waals surface area contributed by atoms with Crippen molar-refractivity contribution in [3.05, 3.63) is 0 Å². The molecule has 1 heterocycles. The third kappa shape index (κ3) is 4.16. The van der Waals surface area contributed by atoms with E-state index in [9.17, 15) is 0 Å². The number of quaternary nitrogens is 2. The summed E-state index contributed by atoms with van der Waals surface area (Å²) in [6.45, 7) is 7.24. The molecular formula is C7H18Cl2N2. The molecule has 0 bridgehead atoms. The van der Waals surface area contributed by atoms with Crippen LogP contribution in [0, 0.1) is 0 Å².